The molecule has 1 saturated heterocycles. The molecule has 4 N–H and O–H groups in total. The van der Waals surface area contributed by atoms with Crippen LogP contribution in [0, 0.1) is 18.6 Å². The van der Waals surface area contributed by atoms with Crippen LogP contribution in [0.2, 0.25) is 0 Å². The number of halogens is 3. The molecule has 1 amide bonds. The third kappa shape index (κ3) is 7.17. The summed E-state index contributed by atoms with van der Waals surface area (Å²) >= 11 is 0. The molecule has 8 nitrogen and oxygen atoms in total. The number of hydrogen-bond acceptors (Lipinski definition) is 6. The standard InChI is InChI=1S/C28H34F3N5O3S/c1-17-11-19(13-21(30)12-17)26(18-3-5-20(29)6-4-18)27(32)28(37)35-25-16-34-15-24(31)23(25)8-7-22-14-33-9-10-36(22)40(2,38)39/h3-5,11-13,15-16,20,22,26-27,33H,6-10,14,32H2,1-2H3,(H,35,37)/t20?,22-,26+,27+/m1/s1. The molecule has 2 heterocycles. The molecule has 0 radical (unpaired) electrons. The average Bonchev–Trinajstić information content (AvgIpc) is 2.88. The second kappa shape index (κ2) is 12.6. The van der Waals surface area contributed by atoms with Crippen molar-refractivity contribution in [3.63, 3.8) is 0 Å². The Hall–Kier alpha value is -3.06. The first-order valence-corrected chi connectivity index (χ1v) is 14.9. The summed E-state index contributed by atoms with van der Waals surface area (Å²) in [6.07, 6.45) is 7.43. The van der Waals surface area contributed by atoms with Gasteiger partial charge in [0.2, 0.25) is 15.9 Å². The number of benzene rings is 1. The largest absolute Gasteiger partial charge is 0.323 e. The molecule has 1 unspecified atom stereocenters. The van der Waals surface area contributed by atoms with Crippen molar-refractivity contribution in [3.8, 4) is 0 Å². The Labute approximate surface area is 232 Å². The molecule has 4 rings (SSSR count). The number of nitrogens with two attached hydrogens (primary N) is 1. The zero-order valence-electron chi connectivity index (χ0n) is 22.4. The Balaban J connectivity index is 1.58. The Kier molecular flexibility index (Phi) is 9.44. The third-order valence-corrected chi connectivity index (χ3v) is 8.57. The summed E-state index contributed by atoms with van der Waals surface area (Å²) in [5, 5.41) is 5.83. The van der Waals surface area contributed by atoms with Gasteiger partial charge in [0.05, 0.1) is 30.4 Å². The molecule has 40 heavy (non-hydrogen) atoms. The van der Waals surface area contributed by atoms with E-state index in [1.54, 1.807) is 25.1 Å². The summed E-state index contributed by atoms with van der Waals surface area (Å²) in [7, 11) is -3.45. The maximum Gasteiger partial charge on any atom is 0.242 e. The molecule has 0 saturated carbocycles. The molecule has 0 spiro atoms. The Morgan fingerprint density at radius 1 is 1.27 bits per heavy atom. The number of carbonyl (C=O) groups excluding carboxylic acids is 1. The minimum absolute atomic E-state index is 0.101. The van der Waals surface area contributed by atoms with Gasteiger partial charge >= 0.3 is 0 Å². The van der Waals surface area contributed by atoms with Crippen LogP contribution in [0.25, 0.3) is 0 Å². The van der Waals surface area contributed by atoms with Crippen LogP contribution in [0.5, 0.6) is 0 Å². The second-order valence-electron chi connectivity index (χ2n) is 10.3. The van der Waals surface area contributed by atoms with Gasteiger partial charge in [-0.1, -0.05) is 24.3 Å². The highest BCUT2D eigenvalue weighted by molar-refractivity contribution is 7.88. The van der Waals surface area contributed by atoms with Crippen LogP contribution in [0.4, 0.5) is 18.9 Å². The molecule has 0 bridgehead atoms. The molecule has 4 atom stereocenters. The van der Waals surface area contributed by atoms with Gasteiger partial charge in [-0.25, -0.2) is 21.6 Å². The highest BCUT2D eigenvalue weighted by Crippen LogP contribution is 2.33. The average molecular weight is 578 g/mol. The number of sulfonamides is 1. The number of aryl methyl sites for hydroxylation is 1. The minimum Gasteiger partial charge on any atom is -0.323 e. The Morgan fingerprint density at radius 3 is 2.73 bits per heavy atom. The number of alkyl halides is 1. The number of hydrogen-bond donors (Lipinski definition) is 3. The van der Waals surface area contributed by atoms with E-state index in [9.17, 15) is 26.4 Å². The summed E-state index contributed by atoms with van der Waals surface area (Å²) in [4.78, 5) is 17.3. The van der Waals surface area contributed by atoms with Gasteiger partial charge in [-0.2, -0.15) is 4.31 Å². The molecule has 1 aromatic carbocycles. The molecule has 2 aromatic rings. The van der Waals surface area contributed by atoms with Crippen LogP contribution in [0.1, 0.15) is 35.4 Å². The Morgan fingerprint density at radius 2 is 2.05 bits per heavy atom. The maximum atomic E-state index is 14.9. The van der Waals surface area contributed by atoms with E-state index in [0.717, 1.165) is 12.5 Å². The number of allylic oxidation sites excluding steroid dienone is 3. The number of anilines is 1. The van der Waals surface area contributed by atoms with Crippen LogP contribution in [-0.4, -0.2) is 67.8 Å². The molecular formula is C28H34F3N5O3S. The van der Waals surface area contributed by atoms with Crippen molar-refractivity contribution in [3.05, 3.63) is 82.7 Å². The predicted octanol–water partition coefficient (Wildman–Crippen LogP) is 3.11. The number of carbonyl (C=O) groups is 1. The molecule has 1 aliphatic heterocycles. The lowest BCUT2D eigenvalue weighted by Crippen LogP contribution is -2.53. The van der Waals surface area contributed by atoms with Crippen LogP contribution in [0.15, 0.2) is 54.4 Å². The topological polar surface area (TPSA) is 117 Å². The fourth-order valence-corrected chi connectivity index (χ4v) is 6.46. The molecule has 12 heteroatoms. The number of nitrogens with zero attached hydrogens (tertiary/aromatic N) is 2. The third-order valence-electron chi connectivity index (χ3n) is 7.23. The molecule has 2 aliphatic rings. The van der Waals surface area contributed by atoms with Gasteiger partial charge in [-0.3, -0.25) is 9.78 Å². The van der Waals surface area contributed by atoms with E-state index in [2.05, 4.69) is 15.6 Å². The summed E-state index contributed by atoms with van der Waals surface area (Å²) in [5.74, 6) is -2.59. The van der Waals surface area contributed by atoms with E-state index in [1.807, 2.05) is 0 Å². The number of nitrogens with one attached hydrogen (secondary N) is 2. The number of amides is 1. The highest BCUT2D eigenvalue weighted by Gasteiger charge is 2.32. The van der Waals surface area contributed by atoms with Crippen LogP contribution < -0.4 is 16.4 Å². The molecular weight excluding hydrogens is 543 g/mol. The van der Waals surface area contributed by atoms with Crippen molar-refractivity contribution in [2.45, 2.75) is 50.4 Å². The highest BCUT2D eigenvalue weighted by atomic mass is 32.2. The normalized spacial score (nSPS) is 21.5. The first kappa shape index (κ1) is 29.9. The van der Waals surface area contributed by atoms with Gasteiger partial charge in [0.15, 0.2) is 0 Å². The predicted molar refractivity (Wildman–Crippen MR) is 148 cm³/mol. The molecule has 1 aliphatic carbocycles. The van der Waals surface area contributed by atoms with Gasteiger partial charge in [0.25, 0.3) is 0 Å². The van der Waals surface area contributed by atoms with Crippen LogP contribution >= 0.6 is 0 Å². The van der Waals surface area contributed by atoms with Gasteiger partial charge in [0, 0.05) is 43.6 Å². The SMILES string of the molecule is Cc1cc(F)cc([C@H](C2=CCC(F)C=C2)[C@H](N)C(=O)Nc2cncc(F)c2CC[C@@H]2CNCCN2S(C)(=O)=O)c1. The van der Waals surface area contributed by atoms with Gasteiger partial charge < -0.3 is 16.4 Å². The number of rotatable bonds is 9. The lowest BCUT2D eigenvalue weighted by Gasteiger charge is -2.34. The van der Waals surface area contributed by atoms with E-state index in [1.165, 1.54) is 28.7 Å². The van der Waals surface area contributed by atoms with Gasteiger partial charge in [-0.05, 0) is 48.6 Å². The summed E-state index contributed by atoms with van der Waals surface area (Å²) < 4.78 is 68.9. The molecule has 216 valence electrons. The number of pyridine rings is 1. The Bertz CT molecular complexity index is 1400. The second-order valence-corrected chi connectivity index (χ2v) is 12.2. The minimum atomic E-state index is -3.45. The lowest BCUT2D eigenvalue weighted by atomic mass is 9.81. The van der Waals surface area contributed by atoms with Gasteiger partial charge in [0.1, 0.15) is 17.8 Å². The van der Waals surface area contributed by atoms with Crippen molar-refractivity contribution in [2.24, 2.45) is 5.73 Å². The monoisotopic (exact) mass is 577 g/mol. The number of aromatic nitrogens is 1. The van der Waals surface area contributed by atoms with Gasteiger partial charge in [-0.15, -0.1) is 0 Å². The van der Waals surface area contributed by atoms with E-state index in [-0.39, 0.29) is 30.1 Å². The zero-order chi connectivity index (χ0) is 29.0. The van der Waals surface area contributed by atoms with Crippen molar-refractivity contribution >= 4 is 21.6 Å². The van der Waals surface area contributed by atoms with Crippen molar-refractivity contribution in [1.29, 1.82) is 0 Å². The maximum absolute atomic E-state index is 14.9. The van der Waals surface area contributed by atoms with Crippen LogP contribution in [0.3, 0.4) is 0 Å². The molecule has 1 fully saturated rings. The summed E-state index contributed by atoms with van der Waals surface area (Å²) in [5.41, 5.74) is 8.40. The molecule has 1 aromatic heterocycles. The fraction of sp³-hybridized carbons (Fsp3) is 0.429. The van der Waals surface area contributed by atoms with E-state index in [4.69, 9.17) is 5.73 Å². The van der Waals surface area contributed by atoms with Crippen molar-refractivity contribution in [1.82, 2.24) is 14.6 Å². The van der Waals surface area contributed by atoms with Crippen LogP contribution in [-0.2, 0) is 21.2 Å². The fourth-order valence-electron chi connectivity index (χ4n) is 5.32. The first-order chi connectivity index (χ1) is 18.9. The first-order valence-electron chi connectivity index (χ1n) is 13.1. The van der Waals surface area contributed by atoms with E-state index < -0.39 is 45.7 Å². The summed E-state index contributed by atoms with van der Waals surface area (Å²) in [6, 6.07) is 2.76. The quantitative estimate of drug-likeness (QED) is 0.422. The van der Waals surface area contributed by atoms with E-state index >= 15 is 0 Å². The number of piperazine rings is 1. The zero-order valence-corrected chi connectivity index (χ0v) is 23.2. The van der Waals surface area contributed by atoms with Crippen molar-refractivity contribution in [2.75, 3.05) is 31.2 Å². The lowest BCUT2D eigenvalue weighted by molar-refractivity contribution is -0.117. The smallest absolute Gasteiger partial charge is 0.242 e. The summed E-state index contributed by atoms with van der Waals surface area (Å²) in [6.45, 7) is 2.98. The van der Waals surface area contributed by atoms with E-state index in [0.29, 0.717) is 42.8 Å². The van der Waals surface area contributed by atoms with Crippen molar-refractivity contribution < 1.29 is 26.4 Å².